The van der Waals surface area contributed by atoms with Gasteiger partial charge in [-0.05, 0) is 54.4 Å². The molecule has 0 heterocycles. The summed E-state index contributed by atoms with van der Waals surface area (Å²) >= 11 is 12.8. The Labute approximate surface area is 268 Å². The molecule has 0 bridgehead atoms. The summed E-state index contributed by atoms with van der Waals surface area (Å²) in [4.78, 5) is 29.4. The number of rotatable bonds is 13. The number of hydrogen-bond acceptors (Lipinski definition) is 5. The van der Waals surface area contributed by atoms with Crippen LogP contribution in [0.15, 0.2) is 108 Å². The maximum Gasteiger partial charge on any atom is 0.264 e. The second-order valence-corrected chi connectivity index (χ2v) is 12.6. The van der Waals surface area contributed by atoms with E-state index < -0.39 is 28.5 Å². The van der Waals surface area contributed by atoms with E-state index in [1.165, 1.54) is 36.3 Å². The first-order valence-corrected chi connectivity index (χ1v) is 16.1. The number of carbonyl (C=O) groups excluding carboxylic acids is 2. The Morgan fingerprint density at radius 2 is 1.52 bits per heavy atom. The zero-order chi connectivity index (χ0) is 31.7. The highest BCUT2D eigenvalue weighted by atomic mass is 35.5. The molecule has 11 heteroatoms. The molecule has 0 aliphatic carbocycles. The van der Waals surface area contributed by atoms with E-state index in [1.807, 2.05) is 30.3 Å². The lowest BCUT2D eigenvalue weighted by Gasteiger charge is -2.34. The molecule has 0 aromatic heterocycles. The Kier molecular flexibility index (Phi) is 11.3. The van der Waals surface area contributed by atoms with Gasteiger partial charge in [0.2, 0.25) is 11.8 Å². The van der Waals surface area contributed by atoms with Crippen molar-refractivity contribution in [3.8, 4) is 5.75 Å². The quantitative estimate of drug-likeness (QED) is 0.192. The Morgan fingerprint density at radius 1 is 0.886 bits per heavy atom. The number of hydrogen-bond donors (Lipinski definition) is 1. The summed E-state index contributed by atoms with van der Waals surface area (Å²) in [5, 5.41) is 3.49. The van der Waals surface area contributed by atoms with Gasteiger partial charge < -0.3 is 15.0 Å². The minimum Gasteiger partial charge on any atom is -0.495 e. The van der Waals surface area contributed by atoms with Gasteiger partial charge in [0.25, 0.3) is 10.0 Å². The number of amides is 2. The second-order valence-electron chi connectivity index (χ2n) is 9.85. The third kappa shape index (κ3) is 7.91. The number of carbonyl (C=O) groups is 2. The number of methoxy groups -OCH3 is 1. The molecule has 230 valence electrons. The summed E-state index contributed by atoms with van der Waals surface area (Å²) in [5.74, 6) is -0.808. The van der Waals surface area contributed by atoms with E-state index in [0.717, 1.165) is 9.87 Å². The van der Waals surface area contributed by atoms with E-state index in [4.69, 9.17) is 27.9 Å². The van der Waals surface area contributed by atoms with Crippen LogP contribution in [0.25, 0.3) is 0 Å². The highest BCUT2D eigenvalue weighted by Gasteiger charge is 2.35. The van der Waals surface area contributed by atoms with E-state index in [0.29, 0.717) is 17.1 Å². The van der Waals surface area contributed by atoms with Crippen LogP contribution >= 0.6 is 23.2 Å². The number of anilines is 1. The number of nitrogens with zero attached hydrogens (tertiary/aromatic N) is 2. The van der Waals surface area contributed by atoms with Crippen molar-refractivity contribution in [2.75, 3.05) is 24.5 Å². The van der Waals surface area contributed by atoms with Gasteiger partial charge in [0, 0.05) is 29.6 Å². The van der Waals surface area contributed by atoms with Gasteiger partial charge in [-0.2, -0.15) is 0 Å². The number of ether oxygens (including phenoxy) is 1. The Balaban J connectivity index is 1.85. The van der Waals surface area contributed by atoms with Crippen LogP contribution in [0.5, 0.6) is 5.75 Å². The third-order valence-electron chi connectivity index (χ3n) is 6.94. The smallest absolute Gasteiger partial charge is 0.264 e. The van der Waals surface area contributed by atoms with E-state index in [9.17, 15) is 18.0 Å². The molecule has 4 rings (SSSR count). The van der Waals surface area contributed by atoms with Gasteiger partial charge in [0.15, 0.2) is 0 Å². The minimum absolute atomic E-state index is 0.0305. The number of likely N-dealkylation sites (N-methyl/N-ethyl adjacent to an activating group) is 1. The Bertz CT molecular complexity index is 1690. The topological polar surface area (TPSA) is 96.0 Å². The van der Waals surface area contributed by atoms with Crippen LogP contribution in [-0.4, -0.2) is 51.4 Å². The monoisotopic (exact) mass is 653 g/mol. The molecule has 0 fully saturated rings. The average molecular weight is 655 g/mol. The third-order valence-corrected chi connectivity index (χ3v) is 9.32. The number of sulfonamides is 1. The van der Waals surface area contributed by atoms with Gasteiger partial charge in [-0.1, -0.05) is 89.9 Å². The molecular weight excluding hydrogens is 621 g/mol. The summed E-state index contributed by atoms with van der Waals surface area (Å²) in [5.41, 5.74) is 1.50. The molecule has 0 saturated heterocycles. The Hall–Kier alpha value is -4.05. The molecule has 0 saturated carbocycles. The van der Waals surface area contributed by atoms with Crippen LogP contribution in [0.1, 0.15) is 18.1 Å². The summed E-state index contributed by atoms with van der Waals surface area (Å²) in [7, 11) is -2.91. The van der Waals surface area contributed by atoms with Crippen molar-refractivity contribution in [1.29, 1.82) is 0 Å². The lowest BCUT2D eigenvalue weighted by atomic mass is 10.0. The van der Waals surface area contributed by atoms with Gasteiger partial charge >= 0.3 is 0 Å². The lowest BCUT2D eigenvalue weighted by molar-refractivity contribution is -0.140. The average Bonchev–Trinajstić information content (AvgIpc) is 3.03. The van der Waals surface area contributed by atoms with Gasteiger partial charge in [-0.25, -0.2) is 8.42 Å². The highest BCUT2D eigenvalue weighted by Crippen LogP contribution is 2.35. The second kappa shape index (κ2) is 15.1. The zero-order valence-electron chi connectivity index (χ0n) is 24.3. The molecule has 0 radical (unpaired) electrons. The fourth-order valence-corrected chi connectivity index (χ4v) is 6.55. The molecule has 44 heavy (non-hydrogen) atoms. The van der Waals surface area contributed by atoms with Crippen LogP contribution in [0, 0.1) is 0 Å². The predicted molar refractivity (Wildman–Crippen MR) is 174 cm³/mol. The standard InChI is InChI=1S/C33H33Cl2N3O5S/c1-3-36-33(40)30(20-24-12-6-4-7-13-24)37(22-25-14-10-11-17-28(25)35)32(39)23-38(29-21-26(34)18-19-31(29)43-2)44(41,42)27-15-8-5-9-16-27/h4-19,21,30H,3,20,22-23H2,1-2H3,(H,36,40)/t30-/m1/s1. The van der Waals surface area contributed by atoms with Gasteiger partial charge in [0.05, 0.1) is 17.7 Å². The van der Waals surface area contributed by atoms with E-state index >= 15 is 0 Å². The fraction of sp³-hybridized carbons (Fsp3) is 0.212. The van der Waals surface area contributed by atoms with Gasteiger partial charge in [-0.15, -0.1) is 0 Å². The van der Waals surface area contributed by atoms with Crippen molar-refractivity contribution >= 4 is 50.7 Å². The van der Waals surface area contributed by atoms with Gasteiger partial charge in [-0.3, -0.25) is 13.9 Å². The predicted octanol–water partition coefficient (Wildman–Crippen LogP) is 5.97. The SMILES string of the molecule is CCNC(=O)[C@@H](Cc1ccccc1)N(Cc1ccccc1Cl)C(=O)CN(c1cc(Cl)ccc1OC)S(=O)(=O)c1ccccc1. The largest absolute Gasteiger partial charge is 0.495 e. The number of halogens is 2. The highest BCUT2D eigenvalue weighted by molar-refractivity contribution is 7.92. The van der Waals surface area contributed by atoms with E-state index in [1.54, 1.807) is 55.5 Å². The maximum atomic E-state index is 14.5. The molecule has 0 aliphatic heterocycles. The molecule has 4 aromatic carbocycles. The molecule has 0 aliphatic rings. The lowest BCUT2D eigenvalue weighted by Crippen LogP contribution is -2.53. The van der Waals surface area contributed by atoms with Gasteiger partial charge in [0.1, 0.15) is 18.3 Å². The maximum absolute atomic E-state index is 14.5. The summed E-state index contributed by atoms with van der Waals surface area (Å²) in [6, 6.07) is 27.6. The van der Waals surface area contributed by atoms with Crippen LogP contribution in [0.2, 0.25) is 10.0 Å². The summed E-state index contributed by atoms with van der Waals surface area (Å²) in [6.45, 7) is 1.44. The minimum atomic E-state index is -4.31. The van der Waals surface area contributed by atoms with Crippen molar-refractivity contribution in [3.63, 3.8) is 0 Å². The summed E-state index contributed by atoms with van der Waals surface area (Å²) in [6.07, 6.45) is 0.189. The van der Waals surface area contributed by atoms with Crippen molar-refractivity contribution in [3.05, 3.63) is 124 Å². The van der Waals surface area contributed by atoms with E-state index in [-0.39, 0.29) is 40.2 Å². The molecule has 1 atom stereocenters. The zero-order valence-corrected chi connectivity index (χ0v) is 26.6. The molecule has 2 amide bonds. The van der Waals surface area contributed by atoms with Crippen LogP contribution in [-0.2, 0) is 32.6 Å². The van der Waals surface area contributed by atoms with Crippen molar-refractivity contribution in [2.24, 2.45) is 0 Å². The van der Waals surface area contributed by atoms with Crippen LogP contribution < -0.4 is 14.4 Å². The molecule has 0 spiro atoms. The van der Waals surface area contributed by atoms with Crippen molar-refractivity contribution in [1.82, 2.24) is 10.2 Å². The van der Waals surface area contributed by atoms with E-state index in [2.05, 4.69) is 5.32 Å². The summed E-state index contributed by atoms with van der Waals surface area (Å²) < 4.78 is 34.7. The van der Waals surface area contributed by atoms with Crippen LogP contribution in [0.4, 0.5) is 5.69 Å². The van der Waals surface area contributed by atoms with Crippen molar-refractivity contribution in [2.45, 2.75) is 30.8 Å². The van der Waals surface area contributed by atoms with Crippen molar-refractivity contribution < 1.29 is 22.7 Å². The Morgan fingerprint density at radius 3 is 2.16 bits per heavy atom. The number of benzene rings is 4. The normalized spacial score (nSPS) is 11.8. The molecular formula is C33H33Cl2N3O5S. The molecule has 0 unspecified atom stereocenters. The number of nitrogens with one attached hydrogen (secondary N) is 1. The first-order valence-electron chi connectivity index (χ1n) is 13.9. The molecule has 1 N–H and O–H groups in total. The van der Waals surface area contributed by atoms with Crippen LogP contribution in [0.3, 0.4) is 0 Å². The first kappa shape index (κ1) is 32.9. The fourth-order valence-electron chi connectivity index (χ4n) is 4.75. The molecule has 8 nitrogen and oxygen atoms in total. The molecule has 4 aromatic rings. The first-order chi connectivity index (χ1) is 21.1.